The van der Waals surface area contributed by atoms with E-state index in [0.717, 1.165) is 19.4 Å². The van der Waals surface area contributed by atoms with Gasteiger partial charge in [0.05, 0.1) is 17.7 Å². The second-order valence-electron chi connectivity index (χ2n) is 5.90. The highest BCUT2D eigenvalue weighted by Crippen LogP contribution is 2.33. The molecule has 1 atom stereocenters. The van der Waals surface area contributed by atoms with Crippen LogP contribution in [0.15, 0.2) is 11.0 Å². The largest absolute Gasteiger partial charge is 0.379 e. The number of hydrogen-bond donors (Lipinski definition) is 1. The van der Waals surface area contributed by atoms with Gasteiger partial charge in [0.1, 0.15) is 4.90 Å². The number of nitrogens with one attached hydrogen (secondary N) is 1. The van der Waals surface area contributed by atoms with E-state index in [9.17, 15) is 8.42 Å². The second-order valence-corrected chi connectivity index (χ2v) is 8.39. The molecule has 24 heavy (non-hydrogen) atoms. The van der Waals surface area contributed by atoms with Crippen LogP contribution >= 0.6 is 23.2 Å². The first-order chi connectivity index (χ1) is 11.3. The van der Waals surface area contributed by atoms with Crippen molar-refractivity contribution in [3.05, 3.63) is 27.2 Å². The van der Waals surface area contributed by atoms with Crippen LogP contribution in [-0.2, 0) is 19.5 Å². The van der Waals surface area contributed by atoms with E-state index in [4.69, 9.17) is 32.7 Å². The van der Waals surface area contributed by atoms with Gasteiger partial charge in [0, 0.05) is 24.8 Å². The molecular formula is C16H23Cl2NO4S. The van der Waals surface area contributed by atoms with E-state index >= 15 is 0 Å². The first kappa shape index (κ1) is 19.9. The number of sulfonamides is 1. The van der Waals surface area contributed by atoms with Gasteiger partial charge in [-0.2, -0.15) is 0 Å². The molecule has 1 aliphatic rings. The Morgan fingerprint density at radius 3 is 2.79 bits per heavy atom. The summed E-state index contributed by atoms with van der Waals surface area (Å²) >= 11 is 12.3. The van der Waals surface area contributed by atoms with Gasteiger partial charge in [-0.25, -0.2) is 13.1 Å². The summed E-state index contributed by atoms with van der Waals surface area (Å²) in [7, 11) is -3.72. The van der Waals surface area contributed by atoms with Crippen LogP contribution in [0.1, 0.15) is 30.4 Å². The molecule has 0 bridgehead atoms. The highest BCUT2D eigenvalue weighted by molar-refractivity contribution is 7.89. The fourth-order valence-electron chi connectivity index (χ4n) is 2.58. The minimum Gasteiger partial charge on any atom is -0.379 e. The Kier molecular flexibility index (Phi) is 7.34. The monoisotopic (exact) mass is 395 g/mol. The smallest absolute Gasteiger partial charge is 0.242 e. The molecule has 1 aromatic rings. The zero-order valence-corrected chi connectivity index (χ0v) is 16.2. The van der Waals surface area contributed by atoms with Crippen LogP contribution in [-0.4, -0.2) is 40.9 Å². The van der Waals surface area contributed by atoms with Crippen LogP contribution in [0.5, 0.6) is 0 Å². The van der Waals surface area contributed by atoms with Crippen molar-refractivity contribution in [2.75, 3.05) is 26.4 Å². The van der Waals surface area contributed by atoms with E-state index in [1.807, 2.05) is 0 Å². The third-order valence-corrected chi connectivity index (χ3v) is 6.57. The van der Waals surface area contributed by atoms with Gasteiger partial charge in [-0.15, -0.1) is 0 Å². The third kappa shape index (κ3) is 5.07. The minimum atomic E-state index is -3.72. The SMILES string of the molecule is Cc1cc(Cl)c(C)c(S(=O)(=O)NCCCOC[C@@H]2CCCO2)c1Cl. The van der Waals surface area contributed by atoms with Crippen molar-refractivity contribution in [2.24, 2.45) is 0 Å². The summed E-state index contributed by atoms with van der Waals surface area (Å²) < 4.78 is 38.5. The molecule has 136 valence electrons. The van der Waals surface area contributed by atoms with Gasteiger partial charge in [0.2, 0.25) is 10.0 Å². The van der Waals surface area contributed by atoms with Crippen molar-refractivity contribution < 1.29 is 17.9 Å². The van der Waals surface area contributed by atoms with E-state index in [-0.39, 0.29) is 22.6 Å². The molecule has 2 rings (SSSR count). The molecule has 1 heterocycles. The van der Waals surface area contributed by atoms with Gasteiger partial charge in [0.25, 0.3) is 0 Å². The van der Waals surface area contributed by atoms with Crippen molar-refractivity contribution >= 4 is 33.2 Å². The lowest BCUT2D eigenvalue weighted by Crippen LogP contribution is -2.27. The van der Waals surface area contributed by atoms with Gasteiger partial charge >= 0.3 is 0 Å². The average Bonchev–Trinajstić information content (AvgIpc) is 3.02. The van der Waals surface area contributed by atoms with E-state index in [2.05, 4.69) is 4.72 Å². The van der Waals surface area contributed by atoms with Crippen molar-refractivity contribution in [3.8, 4) is 0 Å². The number of rotatable bonds is 8. The standard InChI is InChI=1S/C16H23Cl2NO4S/c1-11-9-14(17)12(2)16(15(11)18)24(20,21)19-6-4-7-22-10-13-5-3-8-23-13/h9,13,19H,3-8,10H2,1-2H3/t13-/m0/s1. The Bertz CT molecular complexity index is 647. The maximum Gasteiger partial charge on any atom is 0.242 e. The molecule has 0 amide bonds. The first-order valence-corrected chi connectivity index (χ1v) is 10.2. The van der Waals surface area contributed by atoms with Gasteiger partial charge < -0.3 is 9.47 Å². The predicted octanol–water partition coefficient (Wildman–Crippen LogP) is 3.47. The first-order valence-electron chi connectivity index (χ1n) is 7.97. The van der Waals surface area contributed by atoms with E-state index in [0.29, 0.717) is 35.8 Å². The molecule has 8 heteroatoms. The third-order valence-electron chi connectivity index (χ3n) is 3.94. The van der Waals surface area contributed by atoms with Crippen LogP contribution < -0.4 is 4.72 Å². The van der Waals surface area contributed by atoms with E-state index < -0.39 is 10.0 Å². The summed E-state index contributed by atoms with van der Waals surface area (Å²) in [6.07, 6.45) is 2.85. The number of halogens is 2. The molecule has 0 aliphatic carbocycles. The molecule has 5 nitrogen and oxygen atoms in total. The number of hydrogen-bond acceptors (Lipinski definition) is 4. The molecule has 1 fully saturated rings. The Morgan fingerprint density at radius 2 is 2.12 bits per heavy atom. The summed E-state index contributed by atoms with van der Waals surface area (Å²) in [5.74, 6) is 0. The lowest BCUT2D eigenvalue weighted by Gasteiger charge is -2.14. The molecule has 1 N–H and O–H groups in total. The normalized spacial score (nSPS) is 18.2. The molecule has 0 aromatic heterocycles. The second kappa shape index (κ2) is 8.83. The van der Waals surface area contributed by atoms with Gasteiger partial charge in [-0.3, -0.25) is 0 Å². The molecule has 1 aromatic carbocycles. The lowest BCUT2D eigenvalue weighted by atomic mass is 10.2. The van der Waals surface area contributed by atoms with Crippen molar-refractivity contribution in [3.63, 3.8) is 0 Å². The van der Waals surface area contributed by atoms with Crippen LogP contribution in [0.25, 0.3) is 0 Å². The Morgan fingerprint density at radius 1 is 1.38 bits per heavy atom. The summed E-state index contributed by atoms with van der Waals surface area (Å²) in [4.78, 5) is 0.0504. The minimum absolute atomic E-state index is 0.0504. The van der Waals surface area contributed by atoms with Crippen molar-refractivity contribution in [1.82, 2.24) is 4.72 Å². The Balaban J connectivity index is 1.85. The summed E-state index contributed by atoms with van der Waals surface area (Å²) in [5.41, 5.74) is 1.09. The molecular weight excluding hydrogens is 373 g/mol. The number of benzene rings is 1. The maximum absolute atomic E-state index is 12.5. The predicted molar refractivity (Wildman–Crippen MR) is 95.5 cm³/mol. The number of ether oxygens (including phenoxy) is 2. The van der Waals surface area contributed by atoms with Crippen molar-refractivity contribution in [1.29, 1.82) is 0 Å². The van der Waals surface area contributed by atoms with Crippen molar-refractivity contribution in [2.45, 2.75) is 44.1 Å². The molecule has 0 radical (unpaired) electrons. The van der Waals surface area contributed by atoms with E-state index in [1.165, 1.54) is 0 Å². The van der Waals surface area contributed by atoms with Gasteiger partial charge in [-0.1, -0.05) is 23.2 Å². The highest BCUT2D eigenvalue weighted by atomic mass is 35.5. The highest BCUT2D eigenvalue weighted by Gasteiger charge is 2.23. The molecule has 0 unspecified atom stereocenters. The summed E-state index contributed by atoms with van der Waals surface area (Å²) in [6.45, 7) is 5.48. The van der Waals surface area contributed by atoms with E-state index in [1.54, 1.807) is 19.9 Å². The zero-order chi connectivity index (χ0) is 17.7. The average molecular weight is 396 g/mol. The van der Waals surface area contributed by atoms with Gasteiger partial charge in [-0.05, 0) is 50.3 Å². The Labute approximate surface area is 153 Å². The summed E-state index contributed by atoms with van der Waals surface area (Å²) in [6, 6.07) is 1.66. The van der Waals surface area contributed by atoms with Crippen LogP contribution in [0.3, 0.4) is 0 Å². The zero-order valence-electron chi connectivity index (χ0n) is 13.9. The quantitative estimate of drug-likeness (QED) is 0.684. The molecule has 1 aliphatic heterocycles. The topological polar surface area (TPSA) is 64.6 Å². The van der Waals surface area contributed by atoms with Gasteiger partial charge in [0.15, 0.2) is 0 Å². The fraction of sp³-hybridized carbons (Fsp3) is 0.625. The number of aryl methyl sites for hydroxylation is 1. The maximum atomic E-state index is 12.5. The van der Waals surface area contributed by atoms with Crippen LogP contribution in [0.2, 0.25) is 10.0 Å². The van der Waals surface area contributed by atoms with Crippen LogP contribution in [0.4, 0.5) is 0 Å². The molecule has 0 spiro atoms. The lowest BCUT2D eigenvalue weighted by molar-refractivity contribution is 0.0169. The fourth-order valence-corrected chi connectivity index (χ4v) is 4.86. The summed E-state index contributed by atoms with van der Waals surface area (Å²) in [5, 5.41) is 0.594. The molecule has 0 saturated carbocycles. The molecule has 1 saturated heterocycles. The Hall–Kier alpha value is -0.370. The van der Waals surface area contributed by atoms with Crippen LogP contribution in [0, 0.1) is 13.8 Å².